The van der Waals surface area contributed by atoms with Crippen LogP contribution in [0.2, 0.25) is 0 Å². The monoisotopic (exact) mass is 432 g/mol. The quantitative estimate of drug-likeness (QED) is 0.552. The van der Waals surface area contributed by atoms with Crippen molar-refractivity contribution < 1.29 is 14.0 Å². The average molecular weight is 433 g/mol. The highest BCUT2D eigenvalue weighted by molar-refractivity contribution is 9.10. The van der Waals surface area contributed by atoms with Gasteiger partial charge in [0, 0.05) is 34.4 Å². The Labute approximate surface area is 163 Å². The highest BCUT2D eigenvalue weighted by atomic mass is 79.9. The van der Waals surface area contributed by atoms with Crippen molar-refractivity contribution in [3.05, 3.63) is 58.3 Å². The molecule has 1 aromatic heterocycles. The summed E-state index contributed by atoms with van der Waals surface area (Å²) in [6.45, 7) is 1.85. The second-order valence-electron chi connectivity index (χ2n) is 5.91. The van der Waals surface area contributed by atoms with E-state index in [1.807, 2.05) is 37.3 Å². The highest BCUT2D eigenvalue weighted by Gasteiger charge is 2.19. The molecular weight excluding hydrogens is 416 g/mol. The van der Waals surface area contributed by atoms with Crippen LogP contribution in [0, 0.1) is 6.92 Å². The molecule has 2 aromatic carbocycles. The summed E-state index contributed by atoms with van der Waals surface area (Å²) >= 11 is 4.49. The molecule has 0 spiro atoms. The molecule has 3 aromatic rings. The number of aryl methyl sites for hydroxylation is 1. The molecule has 0 atom stereocenters. The third kappa shape index (κ3) is 3.78. The number of anilines is 1. The number of thioether (sulfide) groups is 1. The van der Waals surface area contributed by atoms with E-state index in [1.165, 1.54) is 4.90 Å². The van der Waals surface area contributed by atoms with Crippen molar-refractivity contribution in [2.75, 3.05) is 19.4 Å². The van der Waals surface area contributed by atoms with Crippen molar-refractivity contribution in [3.63, 3.8) is 0 Å². The number of carbonyl (C=O) groups is 2. The first kappa shape index (κ1) is 18.5. The van der Waals surface area contributed by atoms with Gasteiger partial charge in [-0.1, -0.05) is 28.1 Å². The Morgan fingerprint density at radius 3 is 2.62 bits per heavy atom. The first-order chi connectivity index (χ1) is 12.4. The molecule has 134 valence electrons. The van der Waals surface area contributed by atoms with Gasteiger partial charge in [-0.05, 0) is 49.0 Å². The molecule has 0 aliphatic carbocycles. The van der Waals surface area contributed by atoms with Gasteiger partial charge in [-0.25, -0.2) is 0 Å². The Morgan fingerprint density at radius 1 is 1.15 bits per heavy atom. The van der Waals surface area contributed by atoms with E-state index in [0.717, 1.165) is 27.2 Å². The number of carbonyl (C=O) groups excluding carboxylic acids is 2. The lowest BCUT2D eigenvalue weighted by Gasteiger charge is -2.12. The van der Waals surface area contributed by atoms with Crippen LogP contribution in [0.1, 0.15) is 16.1 Å². The minimum absolute atomic E-state index is 0.114. The number of rotatable bonds is 3. The van der Waals surface area contributed by atoms with Gasteiger partial charge in [0.05, 0.1) is 5.69 Å². The summed E-state index contributed by atoms with van der Waals surface area (Å²) < 4.78 is 6.65. The number of hydrogen-bond donors (Lipinski definition) is 1. The minimum atomic E-state index is -0.347. The zero-order valence-electron chi connectivity index (χ0n) is 14.5. The fourth-order valence-electron chi connectivity index (χ4n) is 2.43. The Hall–Kier alpha value is -2.25. The standard InChI is InChI=1S/C19H17BrN2O3S/c1-11-13-10-12(20)8-9-15(13)25-17(11)18(23)21-14-6-4-5-7-16(14)26-19(24)22(2)3/h4-10H,1-3H3,(H,21,23). The SMILES string of the molecule is Cc1c(C(=O)Nc2ccccc2SC(=O)N(C)C)oc2ccc(Br)cc12. The van der Waals surface area contributed by atoms with E-state index < -0.39 is 0 Å². The number of hydrogen-bond acceptors (Lipinski definition) is 4. The second-order valence-corrected chi connectivity index (χ2v) is 7.82. The topological polar surface area (TPSA) is 62.6 Å². The van der Waals surface area contributed by atoms with Crippen LogP contribution >= 0.6 is 27.7 Å². The normalized spacial score (nSPS) is 10.8. The first-order valence-electron chi connectivity index (χ1n) is 7.85. The molecule has 7 heteroatoms. The van der Waals surface area contributed by atoms with E-state index in [-0.39, 0.29) is 16.9 Å². The van der Waals surface area contributed by atoms with Gasteiger partial charge in [-0.3, -0.25) is 9.59 Å². The number of para-hydroxylation sites is 1. The van der Waals surface area contributed by atoms with Crippen LogP contribution in [0.5, 0.6) is 0 Å². The summed E-state index contributed by atoms with van der Waals surface area (Å²) in [6, 6.07) is 12.8. The lowest BCUT2D eigenvalue weighted by molar-refractivity contribution is 0.0997. The predicted molar refractivity (Wildman–Crippen MR) is 108 cm³/mol. The fourth-order valence-corrected chi connectivity index (χ4v) is 3.54. The molecule has 1 heterocycles. The first-order valence-corrected chi connectivity index (χ1v) is 9.46. The molecule has 0 radical (unpaired) electrons. The molecule has 5 nitrogen and oxygen atoms in total. The number of fused-ring (bicyclic) bond motifs is 1. The molecule has 0 aliphatic heterocycles. The summed E-state index contributed by atoms with van der Waals surface area (Å²) in [7, 11) is 3.37. The zero-order valence-corrected chi connectivity index (χ0v) is 16.9. The summed E-state index contributed by atoms with van der Waals surface area (Å²) in [5.74, 6) is -0.0861. The number of benzene rings is 2. The smallest absolute Gasteiger partial charge is 0.291 e. The van der Waals surface area contributed by atoms with Gasteiger partial charge in [0.2, 0.25) is 0 Å². The van der Waals surface area contributed by atoms with Crippen LogP contribution in [-0.2, 0) is 0 Å². The maximum atomic E-state index is 12.7. The van der Waals surface area contributed by atoms with E-state index in [0.29, 0.717) is 16.2 Å². The number of amides is 2. The molecular formula is C19H17BrN2O3S. The van der Waals surface area contributed by atoms with Gasteiger partial charge in [0.25, 0.3) is 11.1 Å². The van der Waals surface area contributed by atoms with Crippen molar-refractivity contribution in [2.24, 2.45) is 0 Å². The maximum absolute atomic E-state index is 12.7. The van der Waals surface area contributed by atoms with Crippen molar-refractivity contribution in [3.8, 4) is 0 Å². The van der Waals surface area contributed by atoms with Crippen LogP contribution in [0.15, 0.2) is 56.2 Å². The Bertz CT molecular complexity index is 998. The molecule has 0 saturated carbocycles. The van der Waals surface area contributed by atoms with Gasteiger partial charge in [-0.15, -0.1) is 0 Å². The van der Waals surface area contributed by atoms with Crippen molar-refractivity contribution >= 4 is 55.5 Å². The molecule has 3 rings (SSSR count). The predicted octanol–water partition coefficient (Wildman–Crippen LogP) is 5.53. The summed E-state index contributed by atoms with van der Waals surface area (Å²) in [4.78, 5) is 26.9. The van der Waals surface area contributed by atoms with Crippen LogP contribution in [-0.4, -0.2) is 30.1 Å². The molecule has 26 heavy (non-hydrogen) atoms. The van der Waals surface area contributed by atoms with Gasteiger partial charge in [0.15, 0.2) is 5.76 Å². The van der Waals surface area contributed by atoms with Crippen molar-refractivity contribution in [1.29, 1.82) is 0 Å². The van der Waals surface area contributed by atoms with Crippen molar-refractivity contribution in [1.82, 2.24) is 4.90 Å². The van der Waals surface area contributed by atoms with E-state index in [1.54, 1.807) is 26.2 Å². The Kier molecular flexibility index (Phi) is 5.38. The fraction of sp³-hybridized carbons (Fsp3) is 0.158. The number of nitrogens with zero attached hydrogens (tertiary/aromatic N) is 1. The molecule has 0 aliphatic rings. The van der Waals surface area contributed by atoms with Gasteiger partial charge < -0.3 is 14.6 Å². The van der Waals surface area contributed by atoms with Crippen LogP contribution < -0.4 is 5.32 Å². The van der Waals surface area contributed by atoms with Gasteiger partial charge >= 0.3 is 0 Å². The zero-order chi connectivity index (χ0) is 18.8. The van der Waals surface area contributed by atoms with Crippen LogP contribution in [0.3, 0.4) is 0 Å². The second kappa shape index (κ2) is 7.55. The van der Waals surface area contributed by atoms with E-state index in [2.05, 4.69) is 21.2 Å². The number of furan rings is 1. The molecule has 0 unspecified atom stereocenters. The van der Waals surface area contributed by atoms with E-state index in [4.69, 9.17) is 4.42 Å². The molecule has 1 N–H and O–H groups in total. The Balaban J connectivity index is 1.89. The summed E-state index contributed by atoms with van der Waals surface area (Å²) in [6.07, 6.45) is 0. The third-order valence-electron chi connectivity index (χ3n) is 3.80. The largest absolute Gasteiger partial charge is 0.451 e. The van der Waals surface area contributed by atoms with Gasteiger partial charge in [0.1, 0.15) is 5.58 Å². The number of halogens is 1. The van der Waals surface area contributed by atoms with Crippen LogP contribution in [0.4, 0.5) is 10.5 Å². The van der Waals surface area contributed by atoms with Crippen LogP contribution in [0.25, 0.3) is 11.0 Å². The molecule has 0 saturated heterocycles. The molecule has 0 fully saturated rings. The highest BCUT2D eigenvalue weighted by Crippen LogP contribution is 2.31. The third-order valence-corrected chi connectivity index (χ3v) is 5.41. The van der Waals surface area contributed by atoms with E-state index >= 15 is 0 Å². The Morgan fingerprint density at radius 2 is 1.88 bits per heavy atom. The lowest BCUT2D eigenvalue weighted by atomic mass is 10.1. The summed E-state index contributed by atoms with van der Waals surface area (Å²) in [5, 5.41) is 3.62. The van der Waals surface area contributed by atoms with Gasteiger partial charge in [-0.2, -0.15) is 0 Å². The molecule has 2 amide bonds. The lowest BCUT2D eigenvalue weighted by Crippen LogP contribution is -2.17. The maximum Gasteiger partial charge on any atom is 0.291 e. The minimum Gasteiger partial charge on any atom is -0.451 e. The van der Waals surface area contributed by atoms with E-state index in [9.17, 15) is 9.59 Å². The summed E-state index contributed by atoms with van der Waals surface area (Å²) in [5.41, 5.74) is 1.99. The van der Waals surface area contributed by atoms with Crippen molar-refractivity contribution in [2.45, 2.75) is 11.8 Å². The molecule has 0 bridgehead atoms. The average Bonchev–Trinajstić information content (AvgIpc) is 2.93. The number of nitrogens with one attached hydrogen (secondary N) is 1.